The highest BCUT2D eigenvalue weighted by molar-refractivity contribution is 7.99. The summed E-state index contributed by atoms with van der Waals surface area (Å²) in [5, 5.41) is 8.89. The first kappa shape index (κ1) is 21.2. The summed E-state index contributed by atoms with van der Waals surface area (Å²) in [6, 6.07) is 19.2. The highest BCUT2D eigenvalue weighted by atomic mass is 32.2. The molecule has 4 rings (SSSR count). The Morgan fingerprint density at radius 1 is 0.968 bits per heavy atom. The molecular formula is C26H27N2O2S+. The molecule has 31 heavy (non-hydrogen) atoms. The largest absolute Gasteiger partial charge is 0.477 e. The van der Waals surface area contributed by atoms with Crippen molar-refractivity contribution in [3.05, 3.63) is 78.1 Å². The fraction of sp³-hybridized carbons (Fsp3) is 0.231. The molecule has 0 radical (unpaired) electrons. The molecule has 0 fully saturated rings. The second kappa shape index (κ2) is 9.84. The van der Waals surface area contributed by atoms with Crippen LogP contribution in [0.1, 0.15) is 37.3 Å². The lowest BCUT2D eigenvalue weighted by Crippen LogP contribution is -2.36. The van der Waals surface area contributed by atoms with E-state index >= 15 is 0 Å². The smallest absolute Gasteiger partial charge is 0.370 e. The van der Waals surface area contributed by atoms with Gasteiger partial charge in [0.25, 0.3) is 0 Å². The van der Waals surface area contributed by atoms with Crippen LogP contribution in [-0.2, 0) is 11.3 Å². The monoisotopic (exact) mass is 431 g/mol. The lowest BCUT2D eigenvalue weighted by molar-refractivity contribution is -0.685. The lowest BCUT2D eigenvalue weighted by Gasteiger charge is -2.33. The van der Waals surface area contributed by atoms with E-state index in [1.807, 2.05) is 23.9 Å². The van der Waals surface area contributed by atoms with Crippen molar-refractivity contribution in [2.24, 2.45) is 0 Å². The SMILES string of the molecule is CCCCCN1c2ccccc2Sc2cc(/C=C/c3cc[n+](CC(=O)O)cc3)ccc21. The van der Waals surface area contributed by atoms with Crippen molar-refractivity contribution >= 4 is 41.3 Å². The Labute approximate surface area is 187 Å². The van der Waals surface area contributed by atoms with Crippen LogP contribution in [-0.4, -0.2) is 17.6 Å². The second-order valence-electron chi connectivity index (χ2n) is 7.69. The zero-order valence-electron chi connectivity index (χ0n) is 17.7. The predicted octanol–water partition coefficient (Wildman–Crippen LogP) is 6.02. The standard InChI is InChI=1S/C26H26N2O2S/c1-2-3-6-15-28-22-7-4-5-8-24(22)31-25-18-21(11-12-23(25)28)10-9-20-13-16-27(17-14-20)19-26(29)30/h4-5,7-14,16-18H,2-3,6,15,19H2,1H3/p+1. The summed E-state index contributed by atoms with van der Waals surface area (Å²) in [6.07, 6.45) is 11.4. The summed E-state index contributed by atoms with van der Waals surface area (Å²) in [7, 11) is 0. The average Bonchev–Trinajstić information content (AvgIpc) is 2.77. The van der Waals surface area contributed by atoms with Gasteiger partial charge in [-0.3, -0.25) is 0 Å². The molecule has 0 amide bonds. The summed E-state index contributed by atoms with van der Waals surface area (Å²) in [5.74, 6) is -0.842. The molecule has 0 unspecified atom stereocenters. The van der Waals surface area contributed by atoms with Gasteiger partial charge in [0.1, 0.15) is 0 Å². The van der Waals surface area contributed by atoms with Gasteiger partial charge in [-0.25, -0.2) is 4.79 Å². The number of aromatic nitrogens is 1. The van der Waals surface area contributed by atoms with Crippen LogP contribution in [0.3, 0.4) is 0 Å². The minimum Gasteiger partial charge on any atom is -0.477 e. The van der Waals surface area contributed by atoms with E-state index in [0.29, 0.717) is 0 Å². The fourth-order valence-corrected chi connectivity index (χ4v) is 4.89. The summed E-state index contributed by atoms with van der Waals surface area (Å²) < 4.78 is 1.65. The maximum absolute atomic E-state index is 10.8. The van der Waals surface area contributed by atoms with E-state index in [1.54, 1.807) is 17.0 Å². The number of fused-ring (bicyclic) bond motifs is 2. The van der Waals surface area contributed by atoms with Crippen LogP contribution in [0.15, 0.2) is 76.8 Å². The highest BCUT2D eigenvalue weighted by Crippen LogP contribution is 2.48. The van der Waals surface area contributed by atoms with Gasteiger partial charge in [-0.1, -0.05) is 61.9 Å². The summed E-state index contributed by atoms with van der Waals surface area (Å²) in [5.41, 5.74) is 4.78. The first-order valence-corrected chi connectivity index (χ1v) is 11.5. The maximum Gasteiger partial charge on any atom is 0.370 e. The van der Waals surface area contributed by atoms with E-state index in [-0.39, 0.29) is 6.54 Å². The van der Waals surface area contributed by atoms with Gasteiger partial charge in [0.05, 0.1) is 11.4 Å². The van der Waals surface area contributed by atoms with Gasteiger partial charge in [-0.15, -0.1) is 0 Å². The van der Waals surface area contributed by atoms with Crippen molar-refractivity contribution in [3.8, 4) is 0 Å². The van der Waals surface area contributed by atoms with Crippen molar-refractivity contribution in [2.45, 2.75) is 42.5 Å². The molecule has 0 atom stereocenters. The molecule has 0 spiro atoms. The highest BCUT2D eigenvalue weighted by Gasteiger charge is 2.22. The molecule has 0 bridgehead atoms. The quantitative estimate of drug-likeness (QED) is 0.350. The number of anilines is 2. The van der Waals surface area contributed by atoms with Gasteiger partial charge in [0.2, 0.25) is 6.54 Å². The van der Waals surface area contributed by atoms with Crippen LogP contribution >= 0.6 is 11.8 Å². The van der Waals surface area contributed by atoms with Gasteiger partial charge in [-0.05, 0) is 41.8 Å². The van der Waals surface area contributed by atoms with Crippen molar-refractivity contribution < 1.29 is 14.5 Å². The zero-order valence-corrected chi connectivity index (χ0v) is 18.5. The topological polar surface area (TPSA) is 44.4 Å². The molecule has 2 aromatic carbocycles. The van der Waals surface area contributed by atoms with Crippen LogP contribution in [0.4, 0.5) is 11.4 Å². The Morgan fingerprint density at radius 2 is 1.71 bits per heavy atom. The van der Waals surface area contributed by atoms with E-state index in [0.717, 1.165) is 17.7 Å². The minimum absolute atomic E-state index is 0.0255. The first-order chi connectivity index (χ1) is 15.1. The predicted molar refractivity (Wildman–Crippen MR) is 127 cm³/mol. The number of para-hydroxylation sites is 1. The second-order valence-corrected chi connectivity index (χ2v) is 8.77. The molecule has 1 aliphatic rings. The van der Waals surface area contributed by atoms with Crippen LogP contribution in [0, 0.1) is 0 Å². The third-order valence-electron chi connectivity index (χ3n) is 5.34. The number of carboxylic acid groups (broad SMARTS) is 1. The Morgan fingerprint density at radius 3 is 2.48 bits per heavy atom. The average molecular weight is 432 g/mol. The first-order valence-electron chi connectivity index (χ1n) is 10.7. The molecule has 0 saturated carbocycles. The number of rotatable bonds is 8. The molecule has 5 heteroatoms. The normalized spacial score (nSPS) is 12.6. The van der Waals surface area contributed by atoms with Gasteiger partial charge in [0, 0.05) is 28.5 Å². The van der Waals surface area contributed by atoms with Gasteiger partial charge in [-0.2, -0.15) is 4.57 Å². The van der Waals surface area contributed by atoms with Crippen molar-refractivity contribution in [2.75, 3.05) is 11.4 Å². The lowest BCUT2D eigenvalue weighted by atomic mass is 10.1. The van der Waals surface area contributed by atoms with E-state index in [2.05, 4.69) is 66.4 Å². The summed E-state index contributed by atoms with van der Waals surface area (Å²) >= 11 is 1.83. The molecule has 158 valence electrons. The Hall–Kier alpha value is -3.05. The van der Waals surface area contributed by atoms with Crippen LogP contribution in [0.2, 0.25) is 0 Å². The van der Waals surface area contributed by atoms with Crippen LogP contribution < -0.4 is 9.47 Å². The third kappa shape index (κ3) is 5.17. The Balaban J connectivity index is 1.55. The molecule has 1 aliphatic heterocycles. The Bertz CT molecular complexity index is 1090. The fourth-order valence-electron chi connectivity index (χ4n) is 3.75. The third-order valence-corrected chi connectivity index (χ3v) is 6.45. The number of aliphatic carboxylic acids is 1. The van der Waals surface area contributed by atoms with Crippen LogP contribution in [0.5, 0.6) is 0 Å². The maximum atomic E-state index is 10.8. The molecule has 2 heterocycles. The molecule has 0 aliphatic carbocycles. The van der Waals surface area contributed by atoms with Crippen LogP contribution in [0.25, 0.3) is 12.2 Å². The molecule has 1 N–H and O–H groups in total. The number of hydrogen-bond donors (Lipinski definition) is 1. The number of pyridine rings is 1. The number of nitrogens with zero attached hydrogens (tertiary/aromatic N) is 2. The van der Waals surface area contributed by atoms with E-state index in [9.17, 15) is 4.79 Å². The van der Waals surface area contributed by atoms with E-state index in [4.69, 9.17) is 5.11 Å². The molecular weight excluding hydrogens is 404 g/mol. The summed E-state index contributed by atoms with van der Waals surface area (Å²) in [6.45, 7) is 3.25. The van der Waals surface area contributed by atoms with Gasteiger partial charge < -0.3 is 10.0 Å². The van der Waals surface area contributed by atoms with Crippen molar-refractivity contribution in [1.29, 1.82) is 0 Å². The van der Waals surface area contributed by atoms with E-state index < -0.39 is 5.97 Å². The van der Waals surface area contributed by atoms with Gasteiger partial charge >= 0.3 is 5.97 Å². The van der Waals surface area contributed by atoms with Crippen molar-refractivity contribution in [1.82, 2.24) is 0 Å². The van der Waals surface area contributed by atoms with E-state index in [1.165, 1.54) is 40.4 Å². The zero-order chi connectivity index (χ0) is 21.6. The number of hydrogen-bond acceptors (Lipinski definition) is 3. The number of benzene rings is 2. The summed E-state index contributed by atoms with van der Waals surface area (Å²) in [4.78, 5) is 15.9. The molecule has 1 aromatic heterocycles. The molecule has 0 saturated heterocycles. The molecule has 4 nitrogen and oxygen atoms in total. The van der Waals surface area contributed by atoms with Gasteiger partial charge in [0.15, 0.2) is 12.4 Å². The number of unbranched alkanes of at least 4 members (excludes halogenated alkanes) is 2. The van der Waals surface area contributed by atoms with Crippen molar-refractivity contribution in [3.63, 3.8) is 0 Å². The number of carbonyl (C=O) groups is 1. The molecule has 3 aromatic rings. The number of carboxylic acids is 1. The minimum atomic E-state index is -0.842. The Kier molecular flexibility index (Phi) is 6.73.